The van der Waals surface area contributed by atoms with Gasteiger partial charge >= 0.3 is 5.97 Å². The molecule has 0 fully saturated rings. The molecule has 72 valence electrons. The maximum absolute atomic E-state index is 10.5. The van der Waals surface area contributed by atoms with E-state index >= 15 is 0 Å². The lowest BCUT2D eigenvalue weighted by Gasteiger charge is -2.10. The summed E-state index contributed by atoms with van der Waals surface area (Å²) in [6.07, 6.45) is 0.214. The van der Waals surface area contributed by atoms with Crippen molar-refractivity contribution in [3.05, 3.63) is 0 Å². The maximum atomic E-state index is 10.5. The van der Waals surface area contributed by atoms with Crippen LogP contribution in [0.15, 0.2) is 0 Å². The molecule has 0 aromatic heterocycles. The number of esters is 1. The lowest BCUT2D eigenvalue weighted by Crippen LogP contribution is -2.26. The number of hydrogen-bond donors (Lipinski definition) is 1. The minimum atomic E-state index is -4.09. The zero-order chi connectivity index (χ0) is 9.78. The van der Waals surface area contributed by atoms with Crippen molar-refractivity contribution in [2.45, 2.75) is 25.5 Å². The van der Waals surface area contributed by atoms with E-state index in [9.17, 15) is 13.2 Å². The summed E-state index contributed by atoms with van der Waals surface area (Å²) in [6.45, 7) is 2.48. The molecule has 0 saturated heterocycles. The van der Waals surface area contributed by atoms with Crippen molar-refractivity contribution in [1.29, 1.82) is 0 Å². The van der Waals surface area contributed by atoms with Crippen molar-refractivity contribution in [3.8, 4) is 0 Å². The summed E-state index contributed by atoms with van der Waals surface area (Å²) in [4.78, 5) is 10.3. The average molecular weight is 196 g/mol. The molecule has 6 heteroatoms. The van der Waals surface area contributed by atoms with E-state index in [2.05, 4.69) is 4.74 Å². The van der Waals surface area contributed by atoms with Gasteiger partial charge in [0, 0.05) is 6.92 Å². The Morgan fingerprint density at radius 3 is 2.33 bits per heavy atom. The Bertz CT molecular complexity index is 243. The third kappa shape index (κ3) is 4.30. The highest BCUT2D eigenvalue weighted by molar-refractivity contribution is 7.86. The van der Waals surface area contributed by atoms with Gasteiger partial charge in [-0.15, -0.1) is 0 Å². The number of carbonyl (C=O) groups is 1. The van der Waals surface area contributed by atoms with Crippen LogP contribution in [0.1, 0.15) is 20.3 Å². The van der Waals surface area contributed by atoms with Crippen molar-refractivity contribution in [1.82, 2.24) is 0 Å². The monoisotopic (exact) mass is 196 g/mol. The lowest BCUT2D eigenvalue weighted by atomic mass is 10.3. The van der Waals surface area contributed by atoms with Crippen LogP contribution in [-0.4, -0.2) is 30.8 Å². The van der Waals surface area contributed by atoms with Gasteiger partial charge in [0.15, 0.2) is 0 Å². The minimum absolute atomic E-state index is 0.214. The molecule has 0 aliphatic rings. The van der Waals surface area contributed by atoms with Gasteiger partial charge in [-0.1, -0.05) is 6.92 Å². The maximum Gasteiger partial charge on any atom is 0.302 e. The minimum Gasteiger partial charge on any atom is -0.464 e. The van der Waals surface area contributed by atoms with Crippen LogP contribution in [0.4, 0.5) is 0 Å². The summed E-state index contributed by atoms with van der Waals surface area (Å²) in [5.74, 6) is -0.558. The molecule has 1 N–H and O–H groups in total. The average Bonchev–Trinajstić information content (AvgIpc) is 1.85. The molecule has 12 heavy (non-hydrogen) atoms. The quantitative estimate of drug-likeness (QED) is 0.513. The normalized spacial score (nSPS) is 13.9. The summed E-state index contributed by atoms with van der Waals surface area (Å²) in [5.41, 5.74) is 0. The SMILES string of the molecule is CCC(COC(C)=O)S(=O)(=O)O. The first-order valence-corrected chi connectivity index (χ1v) is 4.98. The van der Waals surface area contributed by atoms with Crippen LogP contribution in [0.3, 0.4) is 0 Å². The first-order valence-electron chi connectivity index (χ1n) is 3.47. The van der Waals surface area contributed by atoms with Gasteiger partial charge < -0.3 is 4.74 Å². The van der Waals surface area contributed by atoms with Crippen LogP contribution in [-0.2, 0) is 19.6 Å². The molecule has 0 aromatic carbocycles. The lowest BCUT2D eigenvalue weighted by molar-refractivity contribution is -0.140. The van der Waals surface area contributed by atoms with Crippen LogP contribution < -0.4 is 0 Å². The van der Waals surface area contributed by atoms with E-state index in [1.54, 1.807) is 6.92 Å². The molecule has 0 saturated carbocycles. The van der Waals surface area contributed by atoms with E-state index in [1.165, 1.54) is 6.92 Å². The van der Waals surface area contributed by atoms with Crippen LogP contribution >= 0.6 is 0 Å². The topological polar surface area (TPSA) is 80.7 Å². The van der Waals surface area contributed by atoms with Crippen molar-refractivity contribution >= 4 is 16.1 Å². The molecule has 0 rings (SSSR count). The Morgan fingerprint density at radius 1 is 1.58 bits per heavy atom. The largest absolute Gasteiger partial charge is 0.464 e. The molecule has 0 heterocycles. The van der Waals surface area contributed by atoms with Gasteiger partial charge in [-0.3, -0.25) is 9.35 Å². The van der Waals surface area contributed by atoms with Gasteiger partial charge in [0.2, 0.25) is 0 Å². The molecule has 0 amide bonds. The predicted molar refractivity (Wildman–Crippen MR) is 42.3 cm³/mol. The first-order chi connectivity index (χ1) is 5.38. The van der Waals surface area contributed by atoms with E-state index in [1.807, 2.05) is 0 Å². The van der Waals surface area contributed by atoms with Crippen molar-refractivity contribution < 1.29 is 22.5 Å². The second kappa shape index (κ2) is 4.42. The Morgan fingerprint density at radius 2 is 2.08 bits per heavy atom. The fourth-order valence-corrected chi connectivity index (χ4v) is 1.29. The highest BCUT2D eigenvalue weighted by Gasteiger charge is 2.21. The van der Waals surface area contributed by atoms with E-state index in [4.69, 9.17) is 4.55 Å². The molecule has 0 aromatic rings. The molecule has 1 atom stereocenters. The highest BCUT2D eigenvalue weighted by Crippen LogP contribution is 2.04. The molecule has 0 spiro atoms. The Hall–Kier alpha value is -0.620. The summed E-state index contributed by atoms with van der Waals surface area (Å²) in [5, 5.41) is -1.01. The van der Waals surface area contributed by atoms with Crippen molar-refractivity contribution in [2.75, 3.05) is 6.61 Å². The number of ether oxygens (including phenoxy) is 1. The fraction of sp³-hybridized carbons (Fsp3) is 0.833. The second-order valence-corrected chi connectivity index (χ2v) is 4.04. The van der Waals surface area contributed by atoms with Gasteiger partial charge in [0.1, 0.15) is 11.9 Å². The second-order valence-electron chi connectivity index (χ2n) is 2.35. The van der Waals surface area contributed by atoms with E-state index in [-0.39, 0.29) is 13.0 Å². The summed E-state index contributed by atoms with van der Waals surface area (Å²) < 4.78 is 34.1. The molecular weight excluding hydrogens is 184 g/mol. The Labute approximate surface area is 71.5 Å². The summed E-state index contributed by atoms with van der Waals surface area (Å²) >= 11 is 0. The van der Waals surface area contributed by atoms with Crippen LogP contribution in [0.5, 0.6) is 0 Å². The van der Waals surface area contributed by atoms with Gasteiger partial charge in [0.05, 0.1) is 0 Å². The van der Waals surface area contributed by atoms with Gasteiger partial charge in [-0.05, 0) is 6.42 Å². The van der Waals surface area contributed by atoms with Gasteiger partial charge in [-0.2, -0.15) is 8.42 Å². The fourth-order valence-electron chi connectivity index (χ4n) is 0.625. The molecule has 1 unspecified atom stereocenters. The molecule has 0 aliphatic heterocycles. The molecule has 5 nitrogen and oxygen atoms in total. The molecule has 0 bridgehead atoms. The van der Waals surface area contributed by atoms with Crippen LogP contribution in [0.25, 0.3) is 0 Å². The predicted octanol–water partition coefficient (Wildman–Crippen LogP) is 0.216. The zero-order valence-corrected chi connectivity index (χ0v) is 7.80. The summed E-state index contributed by atoms with van der Waals surface area (Å²) in [7, 11) is -4.09. The summed E-state index contributed by atoms with van der Waals surface area (Å²) in [6, 6.07) is 0. The number of hydrogen-bond acceptors (Lipinski definition) is 4. The first kappa shape index (κ1) is 11.4. The van der Waals surface area contributed by atoms with Gasteiger partial charge in [0.25, 0.3) is 10.1 Å². The van der Waals surface area contributed by atoms with Crippen LogP contribution in [0.2, 0.25) is 0 Å². The molecule has 0 radical (unpaired) electrons. The number of carbonyl (C=O) groups excluding carboxylic acids is 1. The third-order valence-electron chi connectivity index (χ3n) is 1.35. The van der Waals surface area contributed by atoms with E-state index in [0.29, 0.717) is 0 Å². The highest BCUT2D eigenvalue weighted by atomic mass is 32.2. The van der Waals surface area contributed by atoms with E-state index < -0.39 is 21.3 Å². The van der Waals surface area contributed by atoms with Crippen molar-refractivity contribution in [3.63, 3.8) is 0 Å². The third-order valence-corrected chi connectivity index (χ3v) is 2.66. The number of rotatable bonds is 4. The van der Waals surface area contributed by atoms with Gasteiger partial charge in [-0.25, -0.2) is 0 Å². The standard InChI is InChI=1S/C6H12O5S/c1-3-6(12(8,9)10)4-11-5(2)7/h6H,3-4H2,1-2H3,(H,8,9,10). The zero-order valence-electron chi connectivity index (χ0n) is 6.98. The van der Waals surface area contributed by atoms with Crippen molar-refractivity contribution in [2.24, 2.45) is 0 Å². The van der Waals surface area contributed by atoms with E-state index in [0.717, 1.165) is 0 Å². The molecule has 0 aliphatic carbocycles. The molecular formula is C6H12O5S. The smallest absolute Gasteiger partial charge is 0.302 e. The van der Waals surface area contributed by atoms with Crippen LogP contribution in [0, 0.1) is 0 Å². The Kier molecular flexibility index (Phi) is 4.19. The Balaban J connectivity index is 4.11.